The molecule has 0 heterocycles. The third kappa shape index (κ3) is 8.36. The summed E-state index contributed by atoms with van der Waals surface area (Å²) in [7, 11) is 0. The SMILES string of the molecule is CCC(CC=C(C(=O)Oc1ccccc1)[N+](=O)[O-])CCCCC[N+](=O)[O-]. The van der Waals surface area contributed by atoms with Crippen molar-refractivity contribution in [1.82, 2.24) is 0 Å². The lowest BCUT2D eigenvalue weighted by Crippen LogP contribution is -2.18. The largest absolute Gasteiger partial charge is 0.418 e. The van der Waals surface area contributed by atoms with Gasteiger partial charge >= 0.3 is 11.7 Å². The average molecular weight is 364 g/mol. The Kier molecular flexibility index (Phi) is 9.59. The van der Waals surface area contributed by atoms with Crippen molar-refractivity contribution in [3.63, 3.8) is 0 Å². The van der Waals surface area contributed by atoms with Crippen LogP contribution in [-0.4, -0.2) is 22.4 Å². The van der Waals surface area contributed by atoms with Crippen LogP contribution in [0.15, 0.2) is 42.1 Å². The average Bonchev–Trinajstić information content (AvgIpc) is 2.60. The lowest BCUT2D eigenvalue weighted by atomic mass is 9.95. The van der Waals surface area contributed by atoms with E-state index in [1.54, 1.807) is 30.3 Å². The van der Waals surface area contributed by atoms with Crippen LogP contribution in [0, 0.1) is 26.1 Å². The lowest BCUT2D eigenvalue weighted by molar-refractivity contribution is -0.480. The summed E-state index contributed by atoms with van der Waals surface area (Å²) in [5, 5.41) is 21.4. The first kappa shape index (κ1) is 21.3. The number of rotatable bonds is 12. The maximum absolute atomic E-state index is 12.0. The van der Waals surface area contributed by atoms with Crippen molar-refractivity contribution in [1.29, 1.82) is 0 Å². The van der Waals surface area contributed by atoms with E-state index in [0.717, 1.165) is 25.7 Å². The molecule has 0 aliphatic heterocycles. The first-order valence-electron chi connectivity index (χ1n) is 8.67. The second-order valence-corrected chi connectivity index (χ2v) is 5.96. The van der Waals surface area contributed by atoms with Gasteiger partial charge in [0.2, 0.25) is 6.54 Å². The second-order valence-electron chi connectivity index (χ2n) is 5.96. The number of nitro groups is 2. The number of para-hydroxylation sites is 1. The molecule has 0 aliphatic carbocycles. The number of hydrogen-bond donors (Lipinski definition) is 0. The zero-order valence-electron chi connectivity index (χ0n) is 14.8. The van der Waals surface area contributed by atoms with Crippen LogP contribution in [-0.2, 0) is 4.79 Å². The van der Waals surface area contributed by atoms with Crippen molar-refractivity contribution in [2.24, 2.45) is 5.92 Å². The van der Waals surface area contributed by atoms with Crippen LogP contribution in [0.25, 0.3) is 0 Å². The van der Waals surface area contributed by atoms with E-state index < -0.39 is 16.6 Å². The Hall–Kier alpha value is -2.77. The van der Waals surface area contributed by atoms with Gasteiger partial charge in [0.15, 0.2) is 0 Å². The highest BCUT2D eigenvalue weighted by Gasteiger charge is 2.24. The van der Waals surface area contributed by atoms with Gasteiger partial charge in [-0.2, -0.15) is 0 Å². The van der Waals surface area contributed by atoms with Gasteiger partial charge in [0.1, 0.15) is 5.75 Å². The van der Waals surface area contributed by atoms with E-state index in [4.69, 9.17) is 4.74 Å². The Labute approximate surface area is 152 Å². The highest BCUT2D eigenvalue weighted by molar-refractivity contribution is 5.87. The van der Waals surface area contributed by atoms with E-state index in [-0.39, 0.29) is 23.1 Å². The Morgan fingerprint density at radius 1 is 1.15 bits per heavy atom. The van der Waals surface area contributed by atoms with Gasteiger partial charge in [-0.15, -0.1) is 0 Å². The molecule has 26 heavy (non-hydrogen) atoms. The summed E-state index contributed by atoms with van der Waals surface area (Å²) in [5.41, 5.74) is -0.569. The molecule has 1 rings (SSSR count). The maximum Gasteiger partial charge on any atom is 0.414 e. The van der Waals surface area contributed by atoms with Gasteiger partial charge < -0.3 is 4.74 Å². The van der Waals surface area contributed by atoms with Gasteiger partial charge in [-0.25, -0.2) is 4.79 Å². The van der Waals surface area contributed by atoms with Gasteiger partial charge in [0.05, 0.1) is 4.92 Å². The molecule has 142 valence electrons. The number of nitrogens with zero attached hydrogens (tertiary/aromatic N) is 2. The third-order valence-electron chi connectivity index (χ3n) is 4.03. The molecule has 1 aromatic carbocycles. The fraction of sp³-hybridized carbons (Fsp3) is 0.500. The summed E-state index contributed by atoms with van der Waals surface area (Å²) >= 11 is 0. The molecule has 1 unspecified atom stereocenters. The van der Waals surface area contributed by atoms with Crippen molar-refractivity contribution < 1.29 is 19.4 Å². The molecule has 0 spiro atoms. The van der Waals surface area contributed by atoms with Crippen molar-refractivity contribution >= 4 is 5.97 Å². The number of unbranched alkanes of at least 4 members (excludes halogenated alkanes) is 2. The molecular weight excluding hydrogens is 340 g/mol. The Balaban J connectivity index is 2.56. The normalized spacial score (nSPS) is 12.4. The van der Waals surface area contributed by atoms with Gasteiger partial charge in [0, 0.05) is 17.4 Å². The molecule has 0 bridgehead atoms. The number of allylic oxidation sites excluding steroid dienone is 1. The van der Waals surface area contributed by atoms with Crippen molar-refractivity contribution in [2.45, 2.75) is 45.4 Å². The number of esters is 1. The van der Waals surface area contributed by atoms with E-state index in [0.29, 0.717) is 12.8 Å². The van der Waals surface area contributed by atoms with Gasteiger partial charge in [-0.1, -0.05) is 44.4 Å². The molecule has 0 aromatic heterocycles. The van der Waals surface area contributed by atoms with Crippen LogP contribution in [0.2, 0.25) is 0 Å². The monoisotopic (exact) mass is 364 g/mol. The van der Waals surface area contributed by atoms with Gasteiger partial charge in [-0.05, 0) is 30.9 Å². The molecule has 1 aromatic rings. The van der Waals surface area contributed by atoms with Crippen molar-refractivity contribution in [3.8, 4) is 5.75 Å². The Bertz CT molecular complexity index is 630. The predicted molar refractivity (Wildman–Crippen MR) is 95.9 cm³/mol. The van der Waals surface area contributed by atoms with Crippen LogP contribution in [0.4, 0.5) is 0 Å². The smallest absolute Gasteiger partial charge is 0.414 e. The number of carbonyl (C=O) groups excluding carboxylic acids is 1. The Morgan fingerprint density at radius 3 is 2.42 bits per heavy atom. The number of benzene rings is 1. The molecule has 1 atom stereocenters. The van der Waals surface area contributed by atoms with Crippen LogP contribution in [0.5, 0.6) is 5.75 Å². The first-order valence-corrected chi connectivity index (χ1v) is 8.67. The van der Waals surface area contributed by atoms with Crippen LogP contribution in [0.3, 0.4) is 0 Å². The summed E-state index contributed by atoms with van der Waals surface area (Å²) in [6.07, 6.45) is 5.43. The molecule has 8 nitrogen and oxygen atoms in total. The zero-order chi connectivity index (χ0) is 19.4. The van der Waals surface area contributed by atoms with E-state index >= 15 is 0 Å². The fourth-order valence-electron chi connectivity index (χ4n) is 2.50. The van der Waals surface area contributed by atoms with E-state index in [1.165, 1.54) is 6.08 Å². The van der Waals surface area contributed by atoms with E-state index in [9.17, 15) is 25.0 Å². The van der Waals surface area contributed by atoms with Crippen molar-refractivity contribution in [3.05, 3.63) is 62.3 Å². The quantitative estimate of drug-likeness (QED) is 0.138. The zero-order valence-corrected chi connectivity index (χ0v) is 14.8. The highest BCUT2D eigenvalue weighted by Crippen LogP contribution is 2.20. The van der Waals surface area contributed by atoms with Crippen molar-refractivity contribution in [2.75, 3.05) is 6.54 Å². The summed E-state index contributed by atoms with van der Waals surface area (Å²) < 4.78 is 5.03. The van der Waals surface area contributed by atoms with Gasteiger partial charge in [0.25, 0.3) is 0 Å². The minimum absolute atomic E-state index is 0.0342. The standard InChI is InChI=1S/C18H24N2O6/c1-2-15(9-5-4-8-14-19(22)23)12-13-17(20(24)25)18(21)26-16-10-6-3-7-11-16/h3,6-7,10-11,13,15H,2,4-5,8-9,12,14H2,1H3. The third-order valence-corrected chi connectivity index (χ3v) is 4.03. The van der Waals surface area contributed by atoms with E-state index in [1.807, 2.05) is 6.92 Å². The van der Waals surface area contributed by atoms with Crippen LogP contribution < -0.4 is 4.74 Å². The lowest BCUT2D eigenvalue weighted by Gasteiger charge is -2.11. The number of carbonyl (C=O) groups is 1. The number of hydrogen-bond acceptors (Lipinski definition) is 6. The summed E-state index contributed by atoms with van der Waals surface area (Å²) in [4.78, 5) is 32.4. The molecule has 0 N–H and O–H groups in total. The van der Waals surface area contributed by atoms with Crippen LogP contribution in [0.1, 0.15) is 45.4 Å². The van der Waals surface area contributed by atoms with E-state index in [2.05, 4.69) is 0 Å². The highest BCUT2D eigenvalue weighted by atomic mass is 16.6. The second kappa shape index (κ2) is 11.7. The number of ether oxygens (including phenoxy) is 1. The minimum atomic E-state index is -0.984. The molecule has 0 fully saturated rings. The summed E-state index contributed by atoms with van der Waals surface area (Å²) in [5.74, 6) is -0.546. The molecule has 0 radical (unpaired) electrons. The molecule has 0 amide bonds. The Morgan fingerprint density at radius 2 is 1.85 bits per heavy atom. The minimum Gasteiger partial charge on any atom is -0.418 e. The maximum atomic E-state index is 12.0. The van der Waals surface area contributed by atoms with Gasteiger partial charge in [-0.3, -0.25) is 20.2 Å². The molecular formula is C18H24N2O6. The molecule has 8 heteroatoms. The first-order chi connectivity index (χ1) is 12.4. The molecule has 0 aliphatic rings. The summed E-state index contributed by atoms with van der Waals surface area (Å²) in [6.45, 7) is 1.94. The predicted octanol–water partition coefficient (Wildman–Crippen LogP) is 4.01. The molecule has 0 saturated heterocycles. The molecule has 0 saturated carbocycles. The summed E-state index contributed by atoms with van der Waals surface area (Å²) in [6, 6.07) is 8.19. The topological polar surface area (TPSA) is 113 Å². The fourth-order valence-corrected chi connectivity index (χ4v) is 2.50. The van der Waals surface area contributed by atoms with Crippen LogP contribution >= 0.6 is 0 Å².